The van der Waals surface area contributed by atoms with Crippen molar-refractivity contribution in [2.45, 2.75) is 19.4 Å². The number of amides is 1. The molecule has 0 fully saturated rings. The standard InChI is InChI=1S/C14H19NO3/c1-11(8-9-16)15-14(17)7-6-12-4-3-5-13(10-12)18-2/h3-7,10-11,16H,8-9H2,1-2H3,(H,15,17)/b7-6+. The minimum Gasteiger partial charge on any atom is -0.497 e. The second-order valence-corrected chi connectivity index (χ2v) is 4.03. The van der Waals surface area contributed by atoms with Crippen molar-refractivity contribution in [3.05, 3.63) is 35.9 Å². The summed E-state index contributed by atoms with van der Waals surface area (Å²) in [5, 5.41) is 11.5. The van der Waals surface area contributed by atoms with E-state index in [1.54, 1.807) is 13.2 Å². The monoisotopic (exact) mass is 249 g/mol. The van der Waals surface area contributed by atoms with Gasteiger partial charge in [-0.1, -0.05) is 12.1 Å². The van der Waals surface area contributed by atoms with Crippen LogP contribution < -0.4 is 10.1 Å². The van der Waals surface area contributed by atoms with Gasteiger partial charge in [-0.2, -0.15) is 0 Å². The highest BCUT2D eigenvalue weighted by molar-refractivity contribution is 5.91. The summed E-state index contributed by atoms with van der Waals surface area (Å²) in [5.74, 6) is 0.588. The van der Waals surface area contributed by atoms with Gasteiger partial charge in [0.2, 0.25) is 5.91 Å². The highest BCUT2D eigenvalue weighted by Crippen LogP contribution is 2.13. The zero-order valence-corrected chi connectivity index (χ0v) is 10.7. The van der Waals surface area contributed by atoms with E-state index in [9.17, 15) is 4.79 Å². The van der Waals surface area contributed by atoms with Crippen LogP contribution >= 0.6 is 0 Å². The van der Waals surface area contributed by atoms with Crippen LogP contribution in [0.5, 0.6) is 5.75 Å². The van der Waals surface area contributed by atoms with E-state index in [4.69, 9.17) is 9.84 Å². The topological polar surface area (TPSA) is 58.6 Å². The van der Waals surface area contributed by atoms with Gasteiger partial charge < -0.3 is 15.2 Å². The van der Waals surface area contributed by atoms with Crippen LogP contribution in [0.1, 0.15) is 18.9 Å². The van der Waals surface area contributed by atoms with E-state index in [2.05, 4.69) is 5.32 Å². The molecule has 0 aliphatic rings. The molecular weight excluding hydrogens is 230 g/mol. The minimum atomic E-state index is -0.168. The number of ether oxygens (including phenoxy) is 1. The smallest absolute Gasteiger partial charge is 0.244 e. The number of hydrogen-bond acceptors (Lipinski definition) is 3. The summed E-state index contributed by atoms with van der Waals surface area (Å²) >= 11 is 0. The maximum Gasteiger partial charge on any atom is 0.244 e. The van der Waals surface area contributed by atoms with Crippen molar-refractivity contribution < 1.29 is 14.6 Å². The first-order valence-electron chi connectivity index (χ1n) is 5.89. The zero-order valence-electron chi connectivity index (χ0n) is 10.7. The van der Waals surface area contributed by atoms with E-state index in [1.807, 2.05) is 31.2 Å². The predicted molar refractivity (Wildman–Crippen MR) is 71.3 cm³/mol. The second kappa shape index (κ2) is 7.50. The fourth-order valence-electron chi connectivity index (χ4n) is 1.47. The Balaban J connectivity index is 2.54. The van der Waals surface area contributed by atoms with Crippen molar-refractivity contribution in [3.63, 3.8) is 0 Å². The Morgan fingerprint density at radius 2 is 2.33 bits per heavy atom. The Hall–Kier alpha value is -1.81. The fourth-order valence-corrected chi connectivity index (χ4v) is 1.47. The molecule has 1 unspecified atom stereocenters. The average Bonchev–Trinajstić information content (AvgIpc) is 2.37. The van der Waals surface area contributed by atoms with E-state index < -0.39 is 0 Å². The summed E-state index contributed by atoms with van der Waals surface area (Å²) in [6, 6.07) is 7.42. The Labute approximate surface area is 107 Å². The lowest BCUT2D eigenvalue weighted by Gasteiger charge is -2.09. The van der Waals surface area contributed by atoms with Crippen LogP contribution in [-0.2, 0) is 4.79 Å². The summed E-state index contributed by atoms with van der Waals surface area (Å²) in [5.41, 5.74) is 0.902. The first-order valence-corrected chi connectivity index (χ1v) is 5.89. The molecule has 4 nitrogen and oxygen atoms in total. The Kier molecular flexibility index (Phi) is 5.94. The number of methoxy groups -OCH3 is 1. The van der Waals surface area contributed by atoms with E-state index in [1.165, 1.54) is 6.08 Å². The number of carbonyl (C=O) groups excluding carboxylic acids is 1. The van der Waals surface area contributed by atoms with Gasteiger partial charge in [0.05, 0.1) is 7.11 Å². The average molecular weight is 249 g/mol. The Morgan fingerprint density at radius 3 is 3.00 bits per heavy atom. The van der Waals surface area contributed by atoms with Crippen LogP contribution in [0.15, 0.2) is 30.3 Å². The number of benzene rings is 1. The molecule has 0 saturated carbocycles. The van der Waals surface area contributed by atoms with Crippen molar-refractivity contribution >= 4 is 12.0 Å². The molecular formula is C14H19NO3. The number of carbonyl (C=O) groups is 1. The molecule has 0 bridgehead atoms. The van der Waals surface area contributed by atoms with Crippen molar-refractivity contribution in [2.24, 2.45) is 0 Å². The number of aliphatic hydroxyl groups is 1. The van der Waals surface area contributed by atoms with Crippen molar-refractivity contribution in [1.82, 2.24) is 5.32 Å². The SMILES string of the molecule is COc1cccc(/C=C/C(=O)NC(C)CCO)c1. The number of hydrogen-bond donors (Lipinski definition) is 2. The maximum atomic E-state index is 11.5. The molecule has 2 N–H and O–H groups in total. The molecule has 0 heterocycles. The van der Waals surface area contributed by atoms with E-state index in [-0.39, 0.29) is 18.6 Å². The lowest BCUT2D eigenvalue weighted by molar-refractivity contribution is -0.117. The van der Waals surface area contributed by atoms with Crippen LogP contribution in [0.2, 0.25) is 0 Å². The van der Waals surface area contributed by atoms with Crippen LogP contribution in [0.25, 0.3) is 6.08 Å². The fraction of sp³-hybridized carbons (Fsp3) is 0.357. The minimum absolute atomic E-state index is 0.0301. The van der Waals surface area contributed by atoms with Crippen molar-refractivity contribution in [2.75, 3.05) is 13.7 Å². The lowest BCUT2D eigenvalue weighted by Crippen LogP contribution is -2.31. The quantitative estimate of drug-likeness (QED) is 0.753. The molecule has 1 atom stereocenters. The molecule has 0 aliphatic carbocycles. The van der Waals surface area contributed by atoms with Gasteiger partial charge >= 0.3 is 0 Å². The van der Waals surface area contributed by atoms with Gasteiger partial charge in [-0.15, -0.1) is 0 Å². The van der Waals surface area contributed by atoms with E-state index in [0.29, 0.717) is 6.42 Å². The van der Waals surface area contributed by atoms with Gasteiger partial charge in [0, 0.05) is 18.7 Å². The lowest BCUT2D eigenvalue weighted by atomic mass is 10.2. The normalized spacial score (nSPS) is 12.4. The number of rotatable bonds is 6. The van der Waals surface area contributed by atoms with Crippen LogP contribution in [0.4, 0.5) is 0 Å². The molecule has 4 heteroatoms. The van der Waals surface area contributed by atoms with Gasteiger partial charge in [0.1, 0.15) is 5.75 Å². The highest BCUT2D eigenvalue weighted by atomic mass is 16.5. The molecule has 0 aromatic heterocycles. The Morgan fingerprint density at radius 1 is 1.56 bits per heavy atom. The van der Waals surface area contributed by atoms with Gasteiger partial charge in [0.25, 0.3) is 0 Å². The first kappa shape index (κ1) is 14.3. The van der Waals surface area contributed by atoms with Gasteiger partial charge in [-0.3, -0.25) is 4.79 Å². The molecule has 0 radical (unpaired) electrons. The largest absolute Gasteiger partial charge is 0.497 e. The first-order chi connectivity index (χ1) is 8.65. The predicted octanol–water partition coefficient (Wildman–Crippen LogP) is 1.60. The highest BCUT2D eigenvalue weighted by Gasteiger charge is 2.03. The van der Waals surface area contributed by atoms with Crippen LogP contribution in [-0.4, -0.2) is 30.8 Å². The van der Waals surface area contributed by atoms with Crippen LogP contribution in [0, 0.1) is 0 Å². The third kappa shape index (κ3) is 5.01. The molecule has 0 spiro atoms. The summed E-state index contributed by atoms with van der Waals surface area (Å²) in [6.45, 7) is 1.93. The molecule has 1 aromatic rings. The van der Waals surface area contributed by atoms with Crippen molar-refractivity contribution in [1.29, 1.82) is 0 Å². The molecule has 1 rings (SSSR count). The zero-order chi connectivity index (χ0) is 13.4. The summed E-state index contributed by atoms with van der Waals surface area (Å²) in [4.78, 5) is 11.5. The summed E-state index contributed by atoms with van der Waals surface area (Å²) < 4.78 is 5.10. The number of aliphatic hydroxyl groups excluding tert-OH is 1. The Bertz CT molecular complexity index is 415. The molecule has 18 heavy (non-hydrogen) atoms. The van der Waals surface area contributed by atoms with E-state index >= 15 is 0 Å². The van der Waals surface area contributed by atoms with Crippen LogP contribution in [0.3, 0.4) is 0 Å². The van der Waals surface area contributed by atoms with Gasteiger partial charge in [-0.05, 0) is 37.1 Å². The number of nitrogens with one attached hydrogen (secondary N) is 1. The summed E-state index contributed by atoms with van der Waals surface area (Å²) in [7, 11) is 1.60. The molecule has 1 aromatic carbocycles. The second-order valence-electron chi connectivity index (χ2n) is 4.03. The maximum absolute atomic E-state index is 11.5. The van der Waals surface area contributed by atoms with Gasteiger partial charge in [-0.25, -0.2) is 0 Å². The van der Waals surface area contributed by atoms with E-state index in [0.717, 1.165) is 11.3 Å². The third-order valence-corrected chi connectivity index (χ3v) is 2.47. The molecule has 1 amide bonds. The molecule has 0 aliphatic heterocycles. The molecule has 0 saturated heterocycles. The van der Waals surface area contributed by atoms with Crippen molar-refractivity contribution in [3.8, 4) is 5.75 Å². The summed E-state index contributed by atoms with van der Waals surface area (Å²) in [6.07, 6.45) is 3.75. The van der Waals surface area contributed by atoms with Gasteiger partial charge in [0.15, 0.2) is 0 Å². The third-order valence-electron chi connectivity index (χ3n) is 2.47. The molecule has 98 valence electrons.